The van der Waals surface area contributed by atoms with Gasteiger partial charge in [-0.05, 0) is 143 Å². The number of benzene rings is 4. The third-order valence-electron chi connectivity index (χ3n) is 8.91. The Morgan fingerprint density at radius 3 is 1.86 bits per heavy atom. The standard InChI is InChI=1S/C41H36BrNO8/c1-25(44)27-4-8-32(9-5-27)41(49)51-38-23-21-36(24-33(38)16-22-37(46)29-12-17-34(42)18-13-29)50-40(48)31-10-6-30(7-11-31)39(47)43(3)35-19-14-28(15-20-35)26(2)45/h6-7,10-24,27,32H,4-5,8-9H2,1-3H3/b22-16+. The van der Waals surface area contributed by atoms with Gasteiger partial charge < -0.3 is 14.4 Å². The van der Waals surface area contributed by atoms with Crippen LogP contribution in [-0.4, -0.2) is 42.2 Å². The summed E-state index contributed by atoms with van der Waals surface area (Å²) in [5.41, 5.74) is 2.48. The summed E-state index contributed by atoms with van der Waals surface area (Å²) in [5, 5.41) is 0. The van der Waals surface area contributed by atoms with Crippen molar-refractivity contribution in [2.45, 2.75) is 39.5 Å². The monoisotopic (exact) mass is 749 g/mol. The fourth-order valence-corrected chi connectivity index (χ4v) is 6.03. The van der Waals surface area contributed by atoms with E-state index < -0.39 is 11.9 Å². The molecular weight excluding hydrogens is 714 g/mol. The zero-order chi connectivity index (χ0) is 36.7. The molecule has 0 heterocycles. The van der Waals surface area contributed by atoms with Gasteiger partial charge >= 0.3 is 11.9 Å². The highest BCUT2D eigenvalue weighted by molar-refractivity contribution is 9.10. The average molecular weight is 751 g/mol. The Kier molecular flexibility index (Phi) is 11.9. The van der Waals surface area contributed by atoms with E-state index in [2.05, 4.69) is 15.9 Å². The van der Waals surface area contributed by atoms with Crippen LogP contribution in [0, 0.1) is 11.8 Å². The topological polar surface area (TPSA) is 124 Å². The van der Waals surface area contributed by atoms with Crippen LogP contribution in [0.15, 0.2) is 102 Å². The highest BCUT2D eigenvalue weighted by Gasteiger charge is 2.30. The number of nitrogens with zero attached hydrogens (tertiary/aromatic N) is 1. The molecule has 0 N–H and O–H groups in total. The SMILES string of the molecule is CC(=O)c1ccc(N(C)C(=O)c2ccc(C(=O)Oc3ccc(OC(=O)C4CCC(C(C)=O)CC4)c(/C=C/C(=O)c4ccc(Br)cc4)c3)cc2)cc1. The fraction of sp³-hybridized carbons (Fsp3) is 0.220. The second-order valence-electron chi connectivity index (χ2n) is 12.4. The number of carbonyl (C=O) groups excluding carboxylic acids is 6. The summed E-state index contributed by atoms with van der Waals surface area (Å²) in [4.78, 5) is 77.1. The first-order valence-corrected chi connectivity index (χ1v) is 17.2. The van der Waals surface area contributed by atoms with Crippen molar-refractivity contribution in [1.29, 1.82) is 0 Å². The van der Waals surface area contributed by atoms with Crippen molar-refractivity contribution in [3.63, 3.8) is 0 Å². The van der Waals surface area contributed by atoms with Crippen molar-refractivity contribution in [3.05, 3.63) is 129 Å². The first-order valence-electron chi connectivity index (χ1n) is 16.4. The molecule has 0 radical (unpaired) electrons. The first-order chi connectivity index (χ1) is 24.4. The van der Waals surface area contributed by atoms with E-state index in [1.807, 2.05) is 0 Å². The number of hydrogen-bond acceptors (Lipinski definition) is 8. The van der Waals surface area contributed by atoms with Crippen molar-refractivity contribution in [2.75, 3.05) is 11.9 Å². The van der Waals surface area contributed by atoms with Gasteiger partial charge in [0.05, 0.1) is 11.5 Å². The molecule has 1 saturated carbocycles. The lowest BCUT2D eigenvalue weighted by Gasteiger charge is -2.25. The van der Waals surface area contributed by atoms with Gasteiger partial charge in [0.2, 0.25) is 0 Å². The van der Waals surface area contributed by atoms with Crippen molar-refractivity contribution >= 4 is 62.9 Å². The Morgan fingerprint density at radius 2 is 1.25 bits per heavy atom. The van der Waals surface area contributed by atoms with Crippen LogP contribution in [0.4, 0.5) is 5.69 Å². The van der Waals surface area contributed by atoms with Gasteiger partial charge in [-0.1, -0.05) is 15.9 Å². The minimum Gasteiger partial charge on any atom is -0.426 e. The summed E-state index contributed by atoms with van der Waals surface area (Å²) >= 11 is 3.36. The van der Waals surface area contributed by atoms with E-state index >= 15 is 0 Å². The van der Waals surface area contributed by atoms with Crippen LogP contribution in [0.2, 0.25) is 0 Å². The molecule has 4 aromatic carbocycles. The molecular formula is C41H36BrNO8. The summed E-state index contributed by atoms with van der Waals surface area (Å²) < 4.78 is 12.3. The largest absolute Gasteiger partial charge is 0.426 e. The third kappa shape index (κ3) is 9.40. The number of Topliss-reactive ketones (excluding diaryl/α,β-unsaturated/α-hetero) is 2. The van der Waals surface area contributed by atoms with E-state index in [9.17, 15) is 28.8 Å². The summed E-state index contributed by atoms with van der Waals surface area (Å²) in [7, 11) is 1.62. The molecule has 0 aromatic heterocycles. The number of ketones is 3. The molecule has 1 amide bonds. The van der Waals surface area contributed by atoms with Gasteiger partial charge in [-0.25, -0.2) is 4.79 Å². The number of halogens is 1. The Morgan fingerprint density at radius 1 is 0.686 bits per heavy atom. The minimum atomic E-state index is -0.685. The van der Waals surface area contributed by atoms with Gasteiger partial charge in [0.25, 0.3) is 5.91 Å². The molecule has 0 saturated heterocycles. The molecule has 0 spiro atoms. The van der Waals surface area contributed by atoms with Crippen LogP contribution in [0.3, 0.4) is 0 Å². The molecule has 4 aromatic rings. The lowest BCUT2D eigenvalue weighted by Crippen LogP contribution is -2.28. The third-order valence-corrected chi connectivity index (χ3v) is 9.44. The molecule has 0 aliphatic heterocycles. The Labute approximate surface area is 304 Å². The molecule has 260 valence electrons. The number of carbonyl (C=O) groups is 6. The number of ether oxygens (including phenoxy) is 2. The number of anilines is 1. The number of rotatable bonds is 11. The van der Waals surface area contributed by atoms with Crippen molar-refractivity contribution in [3.8, 4) is 11.5 Å². The predicted octanol–water partition coefficient (Wildman–Crippen LogP) is 8.34. The predicted molar refractivity (Wildman–Crippen MR) is 196 cm³/mol. The van der Waals surface area contributed by atoms with Crippen molar-refractivity contribution in [2.24, 2.45) is 11.8 Å². The maximum Gasteiger partial charge on any atom is 0.343 e. The Bertz CT molecular complexity index is 1990. The quantitative estimate of drug-likeness (QED) is 0.0649. The molecule has 1 aliphatic rings. The van der Waals surface area contributed by atoms with E-state index in [1.165, 1.54) is 66.4 Å². The molecule has 0 bridgehead atoms. The molecule has 1 fully saturated rings. The second kappa shape index (κ2) is 16.5. The maximum atomic E-state index is 13.1. The number of amides is 1. The van der Waals surface area contributed by atoms with Gasteiger partial charge in [-0.2, -0.15) is 0 Å². The minimum absolute atomic E-state index is 0.0401. The summed E-state index contributed by atoms with van der Waals surface area (Å²) in [6.07, 6.45) is 5.19. The van der Waals surface area contributed by atoms with Crippen LogP contribution in [0.1, 0.15) is 86.5 Å². The zero-order valence-corrected chi connectivity index (χ0v) is 30.0. The zero-order valence-electron chi connectivity index (χ0n) is 28.4. The maximum absolute atomic E-state index is 13.1. The van der Waals surface area contributed by atoms with Gasteiger partial charge in [-0.3, -0.25) is 24.0 Å². The van der Waals surface area contributed by atoms with Crippen molar-refractivity contribution in [1.82, 2.24) is 0 Å². The van der Waals surface area contributed by atoms with E-state index in [-0.39, 0.29) is 52.2 Å². The highest BCUT2D eigenvalue weighted by atomic mass is 79.9. The van der Waals surface area contributed by atoms with Crippen LogP contribution in [-0.2, 0) is 9.59 Å². The summed E-state index contributed by atoms with van der Waals surface area (Å²) in [6, 6.07) is 24.1. The number of allylic oxidation sites excluding steroid dienone is 1. The first kappa shape index (κ1) is 36.8. The lowest BCUT2D eigenvalue weighted by atomic mass is 9.80. The number of esters is 2. The van der Waals surface area contributed by atoms with Crippen molar-refractivity contribution < 1.29 is 38.2 Å². The smallest absolute Gasteiger partial charge is 0.343 e. The van der Waals surface area contributed by atoms with Crippen LogP contribution >= 0.6 is 15.9 Å². The Hall–Kier alpha value is -5.48. The molecule has 51 heavy (non-hydrogen) atoms. The van der Waals surface area contributed by atoms with Crippen LogP contribution in [0.5, 0.6) is 11.5 Å². The van der Waals surface area contributed by atoms with Gasteiger partial charge in [0, 0.05) is 45.4 Å². The molecule has 0 atom stereocenters. The van der Waals surface area contributed by atoms with E-state index in [0.29, 0.717) is 53.6 Å². The normalized spacial score (nSPS) is 15.5. The van der Waals surface area contributed by atoms with E-state index in [4.69, 9.17) is 9.47 Å². The highest BCUT2D eigenvalue weighted by Crippen LogP contribution is 2.33. The van der Waals surface area contributed by atoms with Gasteiger partial charge in [0.15, 0.2) is 11.6 Å². The van der Waals surface area contributed by atoms with Gasteiger partial charge in [0.1, 0.15) is 17.3 Å². The molecule has 5 rings (SSSR count). The molecule has 0 unspecified atom stereocenters. The van der Waals surface area contributed by atoms with Crippen LogP contribution < -0.4 is 14.4 Å². The molecule has 9 nitrogen and oxygen atoms in total. The van der Waals surface area contributed by atoms with Crippen LogP contribution in [0.25, 0.3) is 6.08 Å². The lowest BCUT2D eigenvalue weighted by molar-refractivity contribution is -0.141. The summed E-state index contributed by atoms with van der Waals surface area (Å²) in [6.45, 7) is 3.04. The fourth-order valence-electron chi connectivity index (χ4n) is 5.76. The summed E-state index contributed by atoms with van der Waals surface area (Å²) in [5.74, 6) is -1.71. The molecule has 10 heteroatoms. The Balaban J connectivity index is 1.31. The van der Waals surface area contributed by atoms with Gasteiger partial charge in [-0.15, -0.1) is 0 Å². The molecule has 1 aliphatic carbocycles. The van der Waals surface area contributed by atoms with E-state index in [1.54, 1.807) is 62.5 Å². The second-order valence-corrected chi connectivity index (χ2v) is 13.3. The average Bonchev–Trinajstić information content (AvgIpc) is 3.14. The van der Waals surface area contributed by atoms with E-state index in [0.717, 1.165) is 4.47 Å². The number of hydrogen-bond donors (Lipinski definition) is 0.